The van der Waals surface area contributed by atoms with Gasteiger partial charge in [-0.1, -0.05) is 12.5 Å². The lowest BCUT2D eigenvalue weighted by atomic mass is 10.2. The van der Waals surface area contributed by atoms with Gasteiger partial charge in [-0.05, 0) is 18.9 Å². The Kier molecular flexibility index (Phi) is 7.46. The van der Waals surface area contributed by atoms with Crippen molar-refractivity contribution in [2.75, 3.05) is 20.1 Å². The first kappa shape index (κ1) is 20.8. The predicted octanol–water partition coefficient (Wildman–Crippen LogP) is 2.25. The van der Waals surface area contributed by atoms with Crippen LogP contribution in [0.15, 0.2) is 29.4 Å². The van der Waals surface area contributed by atoms with Crippen LogP contribution in [0.1, 0.15) is 37.3 Å². The first-order valence-corrected chi connectivity index (χ1v) is 9.78. The predicted molar refractivity (Wildman–Crippen MR) is 118 cm³/mol. The van der Waals surface area contributed by atoms with Crippen molar-refractivity contribution in [3.8, 4) is 5.88 Å². The maximum absolute atomic E-state index is 5.98. The molecule has 0 radical (unpaired) electrons. The van der Waals surface area contributed by atoms with Gasteiger partial charge in [-0.2, -0.15) is 0 Å². The molecule has 2 aliphatic heterocycles. The fraction of sp³-hybridized carbons (Fsp3) is 0.579. The molecule has 0 spiro atoms. The molecule has 1 fully saturated rings. The van der Waals surface area contributed by atoms with Crippen LogP contribution in [0.25, 0.3) is 0 Å². The van der Waals surface area contributed by atoms with E-state index in [1.807, 2.05) is 25.2 Å². The monoisotopic (exact) mass is 497 g/mol. The van der Waals surface area contributed by atoms with Gasteiger partial charge in [-0.15, -0.1) is 34.2 Å². The number of pyridine rings is 1. The summed E-state index contributed by atoms with van der Waals surface area (Å²) in [6.07, 6.45) is 7.54. The summed E-state index contributed by atoms with van der Waals surface area (Å²) >= 11 is 0. The molecule has 2 aromatic rings. The first-order valence-electron chi connectivity index (χ1n) is 9.78. The van der Waals surface area contributed by atoms with E-state index in [1.165, 1.54) is 19.3 Å². The van der Waals surface area contributed by atoms with Crippen LogP contribution in [0.5, 0.6) is 5.88 Å². The van der Waals surface area contributed by atoms with Crippen LogP contribution in [0.3, 0.4) is 0 Å². The molecular formula is C19H28IN7O. The maximum Gasteiger partial charge on any atom is 0.213 e. The van der Waals surface area contributed by atoms with Crippen LogP contribution >= 0.6 is 24.0 Å². The van der Waals surface area contributed by atoms with Gasteiger partial charge in [0, 0.05) is 45.2 Å². The molecule has 152 valence electrons. The quantitative estimate of drug-likeness (QED) is 0.397. The molecule has 0 aliphatic carbocycles. The normalized spacial score (nSPS) is 19.5. The van der Waals surface area contributed by atoms with E-state index >= 15 is 0 Å². The number of nitrogens with one attached hydrogen (secondary N) is 1. The van der Waals surface area contributed by atoms with Gasteiger partial charge in [0.05, 0.1) is 13.1 Å². The number of likely N-dealkylation sites (tertiary alicyclic amines) is 1. The van der Waals surface area contributed by atoms with Gasteiger partial charge in [0.15, 0.2) is 11.8 Å². The summed E-state index contributed by atoms with van der Waals surface area (Å²) in [4.78, 5) is 10.9. The Morgan fingerprint density at radius 3 is 3.00 bits per heavy atom. The highest BCUT2D eigenvalue weighted by molar-refractivity contribution is 14.0. The largest absolute Gasteiger partial charge is 0.472 e. The van der Waals surface area contributed by atoms with E-state index < -0.39 is 0 Å². The highest BCUT2D eigenvalue weighted by Gasteiger charge is 2.27. The zero-order valence-electron chi connectivity index (χ0n) is 16.3. The minimum absolute atomic E-state index is 0. The summed E-state index contributed by atoms with van der Waals surface area (Å²) < 4.78 is 8.24. The molecule has 2 aliphatic rings. The summed E-state index contributed by atoms with van der Waals surface area (Å²) in [6.45, 7) is 3.37. The zero-order valence-corrected chi connectivity index (χ0v) is 18.6. The number of guanidine groups is 1. The first-order chi connectivity index (χ1) is 13.3. The van der Waals surface area contributed by atoms with Crippen molar-refractivity contribution >= 4 is 29.9 Å². The third-order valence-electron chi connectivity index (χ3n) is 5.17. The van der Waals surface area contributed by atoms with Gasteiger partial charge >= 0.3 is 0 Å². The Hall–Kier alpha value is -1.91. The Morgan fingerprint density at radius 2 is 2.18 bits per heavy atom. The Morgan fingerprint density at radius 1 is 1.25 bits per heavy atom. The fourth-order valence-corrected chi connectivity index (χ4v) is 3.77. The number of ether oxygens (including phenoxy) is 1. The molecule has 28 heavy (non-hydrogen) atoms. The topological polar surface area (TPSA) is 80.5 Å². The van der Waals surface area contributed by atoms with Gasteiger partial charge in [0.2, 0.25) is 5.88 Å². The van der Waals surface area contributed by atoms with Gasteiger partial charge in [-0.25, -0.2) is 4.98 Å². The molecule has 1 saturated heterocycles. The summed E-state index contributed by atoms with van der Waals surface area (Å²) in [5, 5.41) is 12.2. The second kappa shape index (κ2) is 10.0. The lowest BCUT2D eigenvalue weighted by Crippen LogP contribution is -2.41. The van der Waals surface area contributed by atoms with E-state index in [0.29, 0.717) is 12.4 Å². The number of halogens is 1. The number of aliphatic imine (C=N–C) groups is 1. The number of hydrogen-bond donors (Lipinski definition) is 1. The molecule has 0 saturated carbocycles. The second-order valence-corrected chi connectivity index (χ2v) is 7.04. The van der Waals surface area contributed by atoms with Crippen LogP contribution in [-0.2, 0) is 19.5 Å². The molecule has 2 aromatic heterocycles. The number of nitrogens with zero attached hydrogens (tertiary/aromatic N) is 6. The molecule has 9 heteroatoms. The number of aromatic nitrogens is 4. The van der Waals surface area contributed by atoms with Crippen molar-refractivity contribution < 1.29 is 4.74 Å². The second-order valence-electron chi connectivity index (χ2n) is 7.04. The third kappa shape index (κ3) is 4.92. The van der Waals surface area contributed by atoms with Crippen molar-refractivity contribution in [2.24, 2.45) is 4.99 Å². The lowest BCUT2D eigenvalue weighted by molar-refractivity contribution is 0.205. The van der Waals surface area contributed by atoms with E-state index in [1.54, 1.807) is 6.20 Å². The average Bonchev–Trinajstić information content (AvgIpc) is 3.23. The molecule has 0 amide bonds. The molecule has 0 bridgehead atoms. The van der Waals surface area contributed by atoms with Crippen molar-refractivity contribution in [1.82, 2.24) is 30.0 Å². The molecule has 1 unspecified atom stereocenters. The lowest BCUT2D eigenvalue weighted by Gasteiger charge is -2.21. The smallest absolute Gasteiger partial charge is 0.213 e. The van der Waals surface area contributed by atoms with Crippen LogP contribution < -0.4 is 10.1 Å². The Labute approximate surface area is 182 Å². The zero-order chi connectivity index (χ0) is 18.5. The van der Waals surface area contributed by atoms with Crippen molar-refractivity contribution in [3.05, 3.63) is 36.0 Å². The van der Waals surface area contributed by atoms with Gasteiger partial charge in [0.25, 0.3) is 0 Å². The van der Waals surface area contributed by atoms with E-state index in [4.69, 9.17) is 4.74 Å². The highest BCUT2D eigenvalue weighted by atomic mass is 127. The van der Waals surface area contributed by atoms with Crippen LogP contribution in [0.4, 0.5) is 0 Å². The van der Waals surface area contributed by atoms with E-state index in [0.717, 1.165) is 50.1 Å². The number of aryl methyl sites for hydroxylation is 1. The highest BCUT2D eigenvalue weighted by Crippen LogP contribution is 2.17. The fourth-order valence-electron chi connectivity index (χ4n) is 3.77. The van der Waals surface area contributed by atoms with E-state index in [-0.39, 0.29) is 30.1 Å². The van der Waals surface area contributed by atoms with E-state index in [2.05, 4.69) is 35.0 Å². The van der Waals surface area contributed by atoms with Gasteiger partial charge in [0.1, 0.15) is 11.9 Å². The number of hydrogen-bond acceptors (Lipinski definition) is 5. The summed E-state index contributed by atoms with van der Waals surface area (Å²) in [6, 6.07) is 5.73. The minimum Gasteiger partial charge on any atom is -0.472 e. The number of rotatable bonds is 4. The molecular weight excluding hydrogens is 469 g/mol. The van der Waals surface area contributed by atoms with Crippen molar-refractivity contribution in [3.63, 3.8) is 0 Å². The molecule has 8 nitrogen and oxygen atoms in total. The van der Waals surface area contributed by atoms with Crippen molar-refractivity contribution in [2.45, 2.75) is 51.3 Å². The van der Waals surface area contributed by atoms with Crippen molar-refractivity contribution in [1.29, 1.82) is 0 Å². The Bertz CT molecular complexity index is 780. The molecule has 1 N–H and O–H groups in total. The third-order valence-corrected chi connectivity index (χ3v) is 5.17. The Balaban J connectivity index is 0.00000225. The maximum atomic E-state index is 5.98. The van der Waals surface area contributed by atoms with Crippen LogP contribution in [0.2, 0.25) is 0 Å². The number of fused-ring (bicyclic) bond motifs is 1. The summed E-state index contributed by atoms with van der Waals surface area (Å²) in [5.41, 5.74) is 0. The SMILES string of the molecule is CN=C(NCc1nnc2n1CCCCC2)N1CCC(Oc2ccccn2)C1.I. The molecule has 1 atom stereocenters. The average molecular weight is 497 g/mol. The summed E-state index contributed by atoms with van der Waals surface area (Å²) in [7, 11) is 1.82. The van der Waals surface area contributed by atoms with Gasteiger partial charge in [-0.3, -0.25) is 4.99 Å². The van der Waals surface area contributed by atoms with E-state index in [9.17, 15) is 0 Å². The molecule has 0 aromatic carbocycles. The van der Waals surface area contributed by atoms with Crippen LogP contribution in [0, 0.1) is 0 Å². The van der Waals surface area contributed by atoms with Gasteiger partial charge < -0.3 is 19.5 Å². The summed E-state index contributed by atoms with van der Waals surface area (Å²) in [5.74, 6) is 3.67. The molecule has 4 heterocycles. The van der Waals surface area contributed by atoms with Crippen LogP contribution in [-0.4, -0.2) is 56.8 Å². The molecule has 4 rings (SSSR count). The minimum atomic E-state index is 0. The standard InChI is InChI=1S/C19H27N7O.HI/c1-20-19(22-13-17-24-23-16-7-3-2-6-11-26(16)17)25-12-9-15(14-25)27-18-8-4-5-10-21-18;/h4-5,8,10,15H,2-3,6-7,9,11-14H2,1H3,(H,20,22);1H.